The minimum Gasteiger partial charge on any atom is -0.491 e. The van der Waals surface area contributed by atoms with Crippen molar-refractivity contribution >= 4 is 29.9 Å². The van der Waals surface area contributed by atoms with Crippen molar-refractivity contribution in [1.29, 1.82) is 0 Å². The first-order chi connectivity index (χ1) is 12.3. The molecule has 3 N–H and O–H groups in total. The zero-order valence-electron chi connectivity index (χ0n) is 17.4. The van der Waals surface area contributed by atoms with Crippen LogP contribution in [-0.4, -0.2) is 56.6 Å². The molecule has 0 saturated heterocycles. The molecule has 0 aliphatic rings. The number of guanidine groups is 1. The lowest BCUT2D eigenvalue weighted by Crippen LogP contribution is -2.45. The quantitative estimate of drug-likeness (QED) is 0.280. The van der Waals surface area contributed by atoms with Crippen molar-refractivity contribution in [2.24, 2.45) is 10.4 Å². The van der Waals surface area contributed by atoms with Crippen LogP contribution in [0, 0.1) is 12.3 Å². The number of nitrogens with one attached hydrogen (secondary N) is 2. The average molecular weight is 493 g/mol. The molecule has 0 spiro atoms. The number of aliphatic imine (C=N–C) groups is 1. The summed E-state index contributed by atoms with van der Waals surface area (Å²) in [6, 6.07) is 7.77. The summed E-state index contributed by atoms with van der Waals surface area (Å²) in [7, 11) is 1.72. The maximum absolute atomic E-state index is 10.1. The summed E-state index contributed by atoms with van der Waals surface area (Å²) in [5.41, 5.74) is 1.15. The van der Waals surface area contributed by atoms with E-state index in [4.69, 9.17) is 9.47 Å². The molecule has 0 aromatic heterocycles. The molecule has 2 atom stereocenters. The molecule has 1 aromatic carbocycles. The van der Waals surface area contributed by atoms with E-state index in [2.05, 4.69) is 36.4 Å². The largest absolute Gasteiger partial charge is 0.491 e. The summed E-state index contributed by atoms with van der Waals surface area (Å²) >= 11 is 0. The molecule has 1 rings (SSSR count). The number of benzene rings is 1. The van der Waals surface area contributed by atoms with Crippen LogP contribution in [-0.2, 0) is 4.74 Å². The Bertz CT molecular complexity index is 562. The smallest absolute Gasteiger partial charge is 0.191 e. The molecule has 0 aliphatic heterocycles. The van der Waals surface area contributed by atoms with Gasteiger partial charge in [0, 0.05) is 20.2 Å². The Labute approximate surface area is 181 Å². The van der Waals surface area contributed by atoms with Crippen molar-refractivity contribution in [1.82, 2.24) is 10.6 Å². The number of ether oxygens (including phenoxy) is 2. The average Bonchev–Trinajstić information content (AvgIpc) is 2.57. The van der Waals surface area contributed by atoms with Gasteiger partial charge in [0.1, 0.15) is 18.5 Å². The summed E-state index contributed by atoms with van der Waals surface area (Å²) in [4.78, 5) is 4.44. The fourth-order valence-electron chi connectivity index (χ4n) is 2.42. The highest BCUT2D eigenvalue weighted by Gasteiger charge is 2.24. The van der Waals surface area contributed by atoms with Crippen LogP contribution in [0.5, 0.6) is 5.75 Å². The number of hydrogen-bond donors (Lipinski definition) is 3. The molecule has 27 heavy (non-hydrogen) atoms. The Hall–Kier alpha value is -1.06. The van der Waals surface area contributed by atoms with Crippen LogP contribution in [0.4, 0.5) is 0 Å². The monoisotopic (exact) mass is 493 g/mol. The lowest BCUT2D eigenvalue weighted by atomic mass is 9.89. The van der Waals surface area contributed by atoms with Gasteiger partial charge < -0.3 is 25.2 Å². The standard InChI is InChI=1S/C20H35N3O3.HI/c1-7-21-19(23-13-18(25-6)20(3,4)5)22-12-16(24)14-26-17-10-8-9-15(2)11-17;/h8-11,16,18,24H,7,12-14H2,1-6H3,(H2,21,22,23);1H. The van der Waals surface area contributed by atoms with E-state index in [1.165, 1.54) is 0 Å². The van der Waals surface area contributed by atoms with Crippen LogP contribution in [0.25, 0.3) is 0 Å². The molecule has 0 saturated carbocycles. The molecule has 7 heteroatoms. The predicted octanol–water partition coefficient (Wildman–Crippen LogP) is 2.97. The molecule has 0 bridgehead atoms. The first-order valence-electron chi connectivity index (χ1n) is 9.18. The van der Waals surface area contributed by atoms with Gasteiger partial charge in [-0.15, -0.1) is 24.0 Å². The normalized spacial score (nSPS) is 14.1. The van der Waals surface area contributed by atoms with Gasteiger partial charge in [-0.1, -0.05) is 32.9 Å². The van der Waals surface area contributed by atoms with Gasteiger partial charge >= 0.3 is 0 Å². The van der Waals surface area contributed by atoms with Gasteiger partial charge in [0.15, 0.2) is 5.96 Å². The molecule has 1 aromatic rings. The minimum atomic E-state index is -0.674. The van der Waals surface area contributed by atoms with E-state index in [1.807, 2.05) is 38.1 Å². The molecule has 0 fully saturated rings. The number of rotatable bonds is 9. The Morgan fingerprint density at radius 1 is 1.26 bits per heavy atom. The molecular weight excluding hydrogens is 457 g/mol. The highest BCUT2D eigenvalue weighted by atomic mass is 127. The van der Waals surface area contributed by atoms with Crippen LogP contribution >= 0.6 is 24.0 Å². The Kier molecular flexibility index (Phi) is 12.7. The van der Waals surface area contributed by atoms with E-state index < -0.39 is 6.10 Å². The van der Waals surface area contributed by atoms with Crippen molar-refractivity contribution in [3.63, 3.8) is 0 Å². The minimum absolute atomic E-state index is 0. The highest BCUT2D eigenvalue weighted by Crippen LogP contribution is 2.20. The molecule has 156 valence electrons. The molecule has 6 nitrogen and oxygen atoms in total. The lowest BCUT2D eigenvalue weighted by molar-refractivity contribution is 0.0205. The van der Waals surface area contributed by atoms with E-state index in [0.29, 0.717) is 12.5 Å². The van der Waals surface area contributed by atoms with Crippen LogP contribution < -0.4 is 15.4 Å². The molecule has 0 amide bonds. The van der Waals surface area contributed by atoms with Gasteiger partial charge in [-0.05, 0) is 37.0 Å². The van der Waals surface area contributed by atoms with Gasteiger partial charge in [0.2, 0.25) is 0 Å². The predicted molar refractivity (Wildman–Crippen MR) is 122 cm³/mol. The molecule has 0 radical (unpaired) electrons. The Morgan fingerprint density at radius 3 is 2.52 bits per heavy atom. The van der Waals surface area contributed by atoms with Crippen LogP contribution in [0.1, 0.15) is 33.3 Å². The van der Waals surface area contributed by atoms with E-state index >= 15 is 0 Å². The zero-order chi connectivity index (χ0) is 19.6. The molecular formula is C20H36IN3O3. The summed E-state index contributed by atoms with van der Waals surface area (Å²) in [5, 5.41) is 16.6. The number of aliphatic hydroxyl groups is 1. The van der Waals surface area contributed by atoms with Crippen LogP contribution in [0.15, 0.2) is 29.3 Å². The van der Waals surface area contributed by atoms with E-state index in [-0.39, 0.29) is 48.6 Å². The van der Waals surface area contributed by atoms with Crippen molar-refractivity contribution in [2.45, 2.75) is 46.8 Å². The first kappa shape index (κ1) is 25.9. The molecule has 2 unspecified atom stereocenters. The third kappa shape index (κ3) is 10.8. The van der Waals surface area contributed by atoms with Crippen molar-refractivity contribution < 1.29 is 14.6 Å². The third-order valence-corrected chi connectivity index (χ3v) is 3.94. The van der Waals surface area contributed by atoms with Gasteiger partial charge in [0.25, 0.3) is 0 Å². The number of nitrogens with zero attached hydrogens (tertiary/aromatic N) is 1. The second-order valence-electron chi connectivity index (χ2n) is 7.47. The van der Waals surface area contributed by atoms with Gasteiger partial charge in [-0.2, -0.15) is 0 Å². The van der Waals surface area contributed by atoms with E-state index in [9.17, 15) is 5.11 Å². The van der Waals surface area contributed by atoms with Gasteiger partial charge in [-0.3, -0.25) is 4.99 Å². The van der Waals surface area contributed by atoms with E-state index in [0.717, 1.165) is 17.9 Å². The van der Waals surface area contributed by atoms with Gasteiger partial charge in [0.05, 0.1) is 12.6 Å². The highest BCUT2D eigenvalue weighted by molar-refractivity contribution is 14.0. The number of halogens is 1. The fourth-order valence-corrected chi connectivity index (χ4v) is 2.42. The second kappa shape index (κ2) is 13.2. The van der Waals surface area contributed by atoms with Gasteiger partial charge in [-0.25, -0.2) is 0 Å². The summed E-state index contributed by atoms with van der Waals surface area (Å²) in [6.07, 6.45) is -0.618. The summed E-state index contributed by atoms with van der Waals surface area (Å²) < 4.78 is 11.2. The topological polar surface area (TPSA) is 75.1 Å². The van der Waals surface area contributed by atoms with Crippen LogP contribution in [0.2, 0.25) is 0 Å². The summed E-state index contributed by atoms with van der Waals surface area (Å²) in [5.74, 6) is 1.42. The first-order valence-corrected chi connectivity index (χ1v) is 9.18. The van der Waals surface area contributed by atoms with Crippen molar-refractivity contribution in [3.05, 3.63) is 29.8 Å². The number of aliphatic hydroxyl groups excluding tert-OH is 1. The van der Waals surface area contributed by atoms with Crippen molar-refractivity contribution in [3.8, 4) is 5.75 Å². The second-order valence-corrected chi connectivity index (χ2v) is 7.47. The Morgan fingerprint density at radius 2 is 1.96 bits per heavy atom. The van der Waals surface area contributed by atoms with Crippen molar-refractivity contribution in [2.75, 3.05) is 33.4 Å². The number of hydrogen-bond acceptors (Lipinski definition) is 4. The lowest BCUT2D eigenvalue weighted by Gasteiger charge is -2.30. The Balaban J connectivity index is 0.00000676. The zero-order valence-corrected chi connectivity index (χ0v) is 19.7. The molecule has 0 aliphatic carbocycles. The third-order valence-electron chi connectivity index (χ3n) is 3.94. The number of methoxy groups -OCH3 is 1. The van der Waals surface area contributed by atoms with E-state index in [1.54, 1.807) is 7.11 Å². The maximum Gasteiger partial charge on any atom is 0.191 e. The summed E-state index contributed by atoms with van der Waals surface area (Å²) in [6.45, 7) is 12.3. The fraction of sp³-hybridized carbons (Fsp3) is 0.650. The molecule has 0 heterocycles. The van der Waals surface area contributed by atoms with Crippen LogP contribution in [0.3, 0.4) is 0 Å². The number of aryl methyl sites for hydroxylation is 1. The SMILES string of the molecule is CCNC(=NCC(O)COc1cccc(C)c1)NCC(OC)C(C)(C)C.I. The maximum atomic E-state index is 10.1.